The number of rotatable bonds is 4. The second-order valence-electron chi connectivity index (χ2n) is 4.46. The molecular weight excluding hydrogens is 228 g/mol. The summed E-state index contributed by atoms with van der Waals surface area (Å²) in [5.41, 5.74) is 8.62. The van der Waals surface area contributed by atoms with Crippen LogP contribution in [-0.2, 0) is 0 Å². The number of anilines is 2. The van der Waals surface area contributed by atoms with Gasteiger partial charge in [-0.2, -0.15) is 0 Å². The van der Waals surface area contributed by atoms with Crippen LogP contribution in [0.1, 0.15) is 25.3 Å². The molecule has 4 heteroatoms. The van der Waals surface area contributed by atoms with Crippen LogP contribution in [0.4, 0.5) is 11.4 Å². The van der Waals surface area contributed by atoms with Gasteiger partial charge in [-0.15, -0.1) is 0 Å². The molecule has 0 spiro atoms. The molecule has 0 unspecified atom stereocenters. The second kappa shape index (κ2) is 5.12. The number of hydrogen-bond donors (Lipinski definition) is 2. The number of aryl methyl sites for hydroxylation is 1. The summed E-state index contributed by atoms with van der Waals surface area (Å²) in [7, 11) is 0. The fraction of sp³-hybridized carbons (Fsp3) is 0.357. The van der Waals surface area contributed by atoms with Gasteiger partial charge in [0.15, 0.2) is 0 Å². The van der Waals surface area contributed by atoms with Crippen LogP contribution in [0.15, 0.2) is 27.4 Å². The molecule has 1 aromatic carbocycles. The van der Waals surface area contributed by atoms with Gasteiger partial charge >= 0.3 is 5.63 Å². The Labute approximate surface area is 106 Å². The van der Waals surface area contributed by atoms with E-state index in [1.165, 1.54) is 6.07 Å². The lowest BCUT2D eigenvalue weighted by Gasteiger charge is -2.10. The van der Waals surface area contributed by atoms with Gasteiger partial charge in [0.2, 0.25) is 0 Å². The molecule has 1 aromatic heterocycles. The fourth-order valence-electron chi connectivity index (χ4n) is 1.93. The van der Waals surface area contributed by atoms with E-state index in [-0.39, 0.29) is 5.63 Å². The van der Waals surface area contributed by atoms with Gasteiger partial charge in [0.1, 0.15) is 5.58 Å². The topological polar surface area (TPSA) is 68.3 Å². The maximum atomic E-state index is 11.3. The summed E-state index contributed by atoms with van der Waals surface area (Å²) in [6.45, 7) is 4.87. The van der Waals surface area contributed by atoms with E-state index in [2.05, 4.69) is 12.2 Å². The van der Waals surface area contributed by atoms with Crippen molar-refractivity contribution in [3.63, 3.8) is 0 Å². The van der Waals surface area contributed by atoms with Crippen LogP contribution in [0.25, 0.3) is 11.0 Å². The first-order chi connectivity index (χ1) is 8.61. The number of nitrogen functional groups attached to an aromatic ring is 1. The molecule has 0 aliphatic carbocycles. The van der Waals surface area contributed by atoms with Crippen molar-refractivity contribution >= 4 is 22.3 Å². The second-order valence-corrected chi connectivity index (χ2v) is 4.46. The molecule has 0 saturated heterocycles. The monoisotopic (exact) mass is 246 g/mol. The zero-order valence-electron chi connectivity index (χ0n) is 10.7. The molecule has 2 aromatic rings. The standard InChI is InChI=1S/C14H18N2O2/c1-3-4-5-16-12-8-13-10(7-11(12)15)9(2)6-14(17)18-13/h6-8,16H,3-5,15H2,1-2H3. The Morgan fingerprint density at radius 2 is 2.11 bits per heavy atom. The molecule has 0 aliphatic rings. The van der Waals surface area contributed by atoms with E-state index in [9.17, 15) is 4.79 Å². The summed E-state index contributed by atoms with van der Waals surface area (Å²) >= 11 is 0. The molecule has 96 valence electrons. The quantitative estimate of drug-likeness (QED) is 0.494. The third-order valence-corrected chi connectivity index (χ3v) is 2.97. The number of benzene rings is 1. The van der Waals surface area contributed by atoms with E-state index in [4.69, 9.17) is 10.2 Å². The summed E-state index contributed by atoms with van der Waals surface area (Å²) in [5, 5.41) is 4.14. The first-order valence-corrected chi connectivity index (χ1v) is 6.19. The van der Waals surface area contributed by atoms with E-state index in [0.717, 1.165) is 36.0 Å². The Kier molecular flexibility index (Phi) is 3.55. The van der Waals surface area contributed by atoms with Crippen molar-refractivity contribution in [2.45, 2.75) is 26.7 Å². The number of fused-ring (bicyclic) bond motifs is 1. The lowest BCUT2D eigenvalue weighted by atomic mass is 10.1. The van der Waals surface area contributed by atoms with E-state index >= 15 is 0 Å². The number of nitrogens with two attached hydrogens (primary N) is 1. The number of unbranched alkanes of at least 4 members (excludes halogenated alkanes) is 1. The average molecular weight is 246 g/mol. The van der Waals surface area contributed by atoms with Crippen molar-refractivity contribution < 1.29 is 4.42 Å². The van der Waals surface area contributed by atoms with Crippen LogP contribution in [0.5, 0.6) is 0 Å². The van der Waals surface area contributed by atoms with Gasteiger partial charge in [0, 0.05) is 24.1 Å². The average Bonchev–Trinajstić information content (AvgIpc) is 2.31. The normalized spacial score (nSPS) is 10.8. The lowest BCUT2D eigenvalue weighted by molar-refractivity contribution is 0.560. The van der Waals surface area contributed by atoms with Crippen molar-refractivity contribution in [2.24, 2.45) is 0 Å². The van der Waals surface area contributed by atoms with Crippen molar-refractivity contribution in [3.8, 4) is 0 Å². The minimum atomic E-state index is -0.329. The van der Waals surface area contributed by atoms with Crippen molar-refractivity contribution in [3.05, 3.63) is 34.2 Å². The molecule has 18 heavy (non-hydrogen) atoms. The molecule has 0 saturated carbocycles. The molecule has 0 fully saturated rings. The molecule has 0 radical (unpaired) electrons. The molecule has 1 heterocycles. The van der Waals surface area contributed by atoms with Gasteiger partial charge < -0.3 is 15.5 Å². The fourth-order valence-corrected chi connectivity index (χ4v) is 1.93. The van der Waals surface area contributed by atoms with E-state index in [1.54, 1.807) is 6.07 Å². The summed E-state index contributed by atoms with van der Waals surface area (Å²) in [6, 6.07) is 5.13. The number of hydrogen-bond acceptors (Lipinski definition) is 4. The molecule has 0 atom stereocenters. The molecule has 2 rings (SSSR count). The summed E-state index contributed by atoms with van der Waals surface area (Å²) in [6.07, 6.45) is 2.20. The summed E-state index contributed by atoms with van der Waals surface area (Å²) < 4.78 is 5.19. The van der Waals surface area contributed by atoms with Crippen molar-refractivity contribution in [1.29, 1.82) is 0 Å². The molecule has 3 N–H and O–H groups in total. The van der Waals surface area contributed by atoms with Gasteiger partial charge in [-0.3, -0.25) is 0 Å². The maximum absolute atomic E-state index is 11.3. The van der Waals surface area contributed by atoms with Crippen molar-refractivity contribution in [2.75, 3.05) is 17.6 Å². The van der Waals surface area contributed by atoms with E-state index in [1.807, 2.05) is 13.0 Å². The Hall–Kier alpha value is -1.97. The highest BCUT2D eigenvalue weighted by molar-refractivity contribution is 5.89. The SMILES string of the molecule is CCCCNc1cc2oc(=O)cc(C)c2cc1N. The highest BCUT2D eigenvalue weighted by Gasteiger charge is 2.06. The Bertz CT molecular complexity index is 617. The highest BCUT2D eigenvalue weighted by Crippen LogP contribution is 2.27. The van der Waals surface area contributed by atoms with Crippen LogP contribution in [0.3, 0.4) is 0 Å². The van der Waals surface area contributed by atoms with Gasteiger partial charge in [-0.25, -0.2) is 4.79 Å². The molecular formula is C14H18N2O2. The highest BCUT2D eigenvalue weighted by atomic mass is 16.4. The van der Waals surface area contributed by atoms with Crippen LogP contribution < -0.4 is 16.7 Å². The minimum absolute atomic E-state index is 0.329. The first-order valence-electron chi connectivity index (χ1n) is 6.19. The van der Waals surface area contributed by atoms with Crippen LogP contribution in [0.2, 0.25) is 0 Å². The van der Waals surface area contributed by atoms with Gasteiger partial charge in [-0.05, 0) is 25.0 Å². The predicted octanol–water partition coefficient (Wildman–Crippen LogP) is 2.90. The third-order valence-electron chi connectivity index (χ3n) is 2.97. The Morgan fingerprint density at radius 3 is 2.83 bits per heavy atom. The van der Waals surface area contributed by atoms with E-state index < -0.39 is 0 Å². The number of nitrogens with one attached hydrogen (secondary N) is 1. The van der Waals surface area contributed by atoms with Gasteiger partial charge in [0.05, 0.1) is 11.4 Å². The molecule has 4 nitrogen and oxygen atoms in total. The largest absolute Gasteiger partial charge is 0.423 e. The van der Waals surface area contributed by atoms with Crippen LogP contribution in [0, 0.1) is 6.92 Å². The summed E-state index contributed by atoms with van der Waals surface area (Å²) in [4.78, 5) is 11.3. The van der Waals surface area contributed by atoms with Crippen LogP contribution in [-0.4, -0.2) is 6.54 Å². The zero-order chi connectivity index (χ0) is 13.1. The maximum Gasteiger partial charge on any atom is 0.336 e. The minimum Gasteiger partial charge on any atom is -0.423 e. The van der Waals surface area contributed by atoms with E-state index in [0.29, 0.717) is 11.3 Å². The lowest BCUT2D eigenvalue weighted by Crippen LogP contribution is -2.05. The van der Waals surface area contributed by atoms with Gasteiger partial charge in [-0.1, -0.05) is 13.3 Å². The Balaban J connectivity index is 2.44. The zero-order valence-corrected chi connectivity index (χ0v) is 10.7. The smallest absolute Gasteiger partial charge is 0.336 e. The van der Waals surface area contributed by atoms with Crippen molar-refractivity contribution in [1.82, 2.24) is 0 Å². The summed E-state index contributed by atoms with van der Waals surface area (Å²) in [5.74, 6) is 0. The first kappa shape index (κ1) is 12.5. The molecule has 0 amide bonds. The molecule has 0 aliphatic heterocycles. The Morgan fingerprint density at radius 1 is 1.33 bits per heavy atom. The van der Waals surface area contributed by atoms with Crippen LogP contribution >= 0.6 is 0 Å². The molecule has 0 bridgehead atoms. The predicted molar refractivity (Wildman–Crippen MR) is 75.0 cm³/mol. The van der Waals surface area contributed by atoms with Gasteiger partial charge in [0.25, 0.3) is 0 Å². The third kappa shape index (κ3) is 2.47.